The Labute approximate surface area is 121 Å². The third kappa shape index (κ3) is 4.84. The summed E-state index contributed by atoms with van der Waals surface area (Å²) >= 11 is 0. The van der Waals surface area contributed by atoms with Crippen LogP contribution in [0.15, 0.2) is 18.2 Å². The van der Waals surface area contributed by atoms with Crippen LogP contribution in [0.4, 0.5) is 5.69 Å². The van der Waals surface area contributed by atoms with Crippen molar-refractivity contribution < 1.29 is 14.5 Å². The zero-order valence-corrected chi connectivity index (χ0v) is 11.9. The second kappa shape index (κ2) is 7.34. The van der Waals surface area contributed by atoms with Crippen LogP contribution in [0.2, 0.25) is 0 Å². The van der Waals surface area contributed by atoms with Crippen molar-refractivity contribution >= 4 is 17.5 Å². The highest BCUT2D eigenvalue weighted by Crippen LogP contribution is 2.23. The average Bonchev–Trinajstić information content (AvgIpc) is 2.44. The van der Waals surface area contributed by atoms with E-state index in [1.807, 2.05) is 0 Å². The van der Waals surface area contributed by atoms with Crippen LogP contribution in [-0.2, 0) is 9.59 Å². The number of nitrogens with zero attached hydrogens (tertiary/aromatic N) is 1. The first-order chi connectivity index (χ1) is 9.85. The molecule has 0 aliphatic rings. The maximum absolute atomic E-state index is 11.6. The Hall–Kier alpha value is -2.48. The highest BCUT2D eigenvalue weighted by Gasteiger charge is 2.16. The molecule has 0 bridgehead atoms. The van der Waals surface area contributed by atoms with Gasteiger partial charge >= 0.3 is 0 Å². The SMILES string of the molecule is Cc1ccc(C(C)NC(=O)CNC(=O)CN)cc1[N+](=O)[O-]. The van der Waals surface area contributed by atoms with Gasteiger partial charge in [-0.05, 0) is 19.4 Å². The van der Waals surface area contributed by atoms with Crippen LogP contribution in [0.3, 0.4) is 0 Å². The third-order valence-electron chi connectivity index (χ3n) is 2.94. The van der Waals surface area contributed by atoms with E-state index in [1.165, 1.54) is 6.07 Å². The van der Waals surface area contributed by atoms with Crippen molar-refractivity contribution in [3.63, 3.8) is 0 Å². The first kappa shape index (κ1) is 16.6. The van der Waals surface area contributed by atoms with Gasteiger partial charge in [-0.2, -0.15) is 0 Å². The molecule has 21 heavy (non-hydrogen) atoms. The molecule has 0 radical (unpaired) electrons. The molecule has 1 aromatic carbocycles. The number of nitrogens with one attached hydrogen (secondary N) is 2. The van der Waals surface area contributed by atoms with Crippen LogP contribution in [0.5, 0.6) is 0 Å². The quantitative estimate of drug-likeness (QED) is 0.508. The van der Waals surface area contributed by atoms with Crippen LogP contribution in [0, 0.1) is 17.0 Å². The van der Waals surface area contributed by atoms with Gasteiger partial charge in [0.05, 0.1) is 24.1 Å². The zero-order chi connectivity index (χ0) is 16.0. The molecule has 0 heterocycles. The van der Waals surface area contributed by atoms with Crippen LogP contribution in [0.25, 0.3) is 0 Å². The number of aryl methyl sites for hydroxylation is 1. The van der Waals surface area contributed by atoms with E-state index in [0.717, 1.165) is 0 Å². The van der Waals surface area contributed by atoms with Crippen molar-refractivity contribution in [3.8, 4) is 0 Å². The van der Waals surface area contributed by atoms with E-state index in [1.54, 1.807) is 26.0 Å². The molecule has 2 amide bonds. The summed E-state index contributed by atoms with van der Waals surface area (Å²) in [6, 6.07) is 4.36. The Kier molecular flexibility index (Phi) is 5.79. The van der Waals surface area contributed by atoms with Gasteiger partial charge < -0.3 is 16.4 Å². The molecule has 1 rings (SSSR count). The topological polar surface area (TPSA) is 127 Å². The van der Waals surface area contributed by atoms with E-state index in [2.05, 4.69) is 10.6 Å². The van der Waals surface area contributed by atoms with Gasteiger partial charge in [-0.1, -0.05) is 12.1 Å². The number of hydrogen-bond acceptors (Lipinski definition) is 5. The number of nitro groups is 1. The second-order valence-electron chi connectivity index (χ2n) is 4.57. The van der Waals surface area contributed by atoms with E-state index < -0.39 is 22.8 Å². The molecule has 0 aliphatic heterocycles. The van der Waals surface area contributed by atoms with Crippen molar-refractivity contribution in [3.05, 3.63) is 39.4 Å². The van der Waals surface area contributed by atoms with Crippen LogP contribution in [-0.4, -0.2) is 29.8 Å². The molecular formula is C13H18N4O4. The molecule has 8 nitrogen and oxygen atoms in total. The first-order valence-electron chi connectivity index (χ1n) is 6.36. The molecule has 8 heteroatoms. The summed E-state index contributed by atoms with van der Waals surface area (Å²) in [6.45, 7) is 2.98. The number of carbonyl (C=O) groups excluding carboxylic acids is 2. The van der Waals surface area contributed by atoms with Gasteiger partial charge in [0.2, 0.25) is 11.8 Å². The summed E-state index contributed by atoms with van der Waals surface area (Å²) < 4.78 is 0. The Morgan fingerprint density at radius 1 is 1.38 bits per heavy atom. The number of hydrogen-bond donors (Lipinski definition) is 3. The lowest BCUT2D eigenvalue weighted by Gasteiger charge is -2.15. The number of carbonyl (C=O) groups is 2. The molecular weight excluding hydrogens is 276 g/mol. The summed E-state index contributed by atoms with van der Waals surface area (Å²) in [6.07, 6.45) is 0. The van der Waals surface area contributed by atoms with Gasteiger partial charge in [0.25, 0.3) is 5.69 Å². The van der Waals surface area contributed by atoms with Crippen molar-refractivity contribution in [2.45, 2.75) is 19.9 Å². The average molecular weight is 294 g/mol. The number of nitrogens with two attached hydrogens (primary N) is 1. The minimum absolute atomic E-state index is 0.00466. The minimum atomic E-state index is -0.463. The summed E-state index contributed by atoms with van der Waals surface area (Å²) in [5.74, 6) is -0.823. The lowest BCUT2D eigenvalue weighted by Crippen LogP contribution is -2.40. The fraction of sp³-hybridized carbons (Fsp3) is 0.385. The second-order valence-corrected chi connectivity index (χ2v) is 4.57. The third-order valence-corrected chi connectivity index (χ3v) is 2.94. The zero-order valence-electron chi connectivity index (χ0n) is 11.9. The monoisotopic (exact) mass is 294 g/mol. The van der Waals surface area contributed by atoms with Crippen molar-refractivity contribution in [1.82, 2.24) is 10.6 Å². The molecule has 0 fully saturated rings. The standard InChI is InChI=1S/C13H18N4O4/c1-8-3-4-10(5-11(8)17(20)21)9(2)16-13(19)7-15-12(18)6-14/h3-5,9H,6-7,14H2,1-2H3,(H,15,18)(H,16,19). The molecule has 1 aromatic rings. The van der Waals surface area contributed by atoms with E-state index in [9.17, 15) is 19.7 Å². The largest absolute Gasteiger partial charge is 0.348 e. The lowest BCUT2D eigenvalue weighted by atomic mass is 10.0. The van der Waals surface area contributed by atoms with Crippen molar-refractivity contribution in [2.75, 3.05) is 13.1 Å². The van der Waals surface area contributed by atoms with Gasteiger partial charge in [-0.3, -0.25) is 19.7 Å². The number of rotatable bonds is 6. The van der Waals surface area contributed by atoms with E-state index in [0.29, 0.717) is 11.1 Å². The van der Waals surface area contributed by atoms with Crippen LogP contribution in [0.1, 0.15) is 24.1 Å². The van der Waals surface area contributed by atoms with Gasteiger partial charge in [0.1, 0.15) is 0 Å². The molecule has 0 aliphatic carbocycles. The minimum Gasteiger partial charge on any atom is -0.348 e. The van der Waals surface area contributed by atoms with Crippen LogP contribution >= 0.6 is 0 Å². The smallest absolute Gasteiger partial charge is 0.272 e. The summed E-state index contributed by atoms with van der Waals surface area (Å²) in [5.41, 5.74) is 6.28. The fourth-order valence-corrected chi connectivity index (χ4v) is 1.72. The molecule has 1 unspecified atom stereocenters. The number of nitro benzene ring substituents is 1. The molecule has 0 aromatic heterocycles. The number of amides is 2. The molecule has 0 saturated carbocycles. The van der Waals surface area contributed by atoms with Crippen LogP contribution < -0.4 is 16.4 Å². The molecule has 114 valence electrons. The maximum Gasteiger partial charge on any atom is 0.272 e. The van der Waals surface area contributed by atoms with Gasteiger partial charge in [0, 0.05) is 11.6 Å². The Bertz CT molecular complexity index is 559. The Morgan fingerprint density at radius 3 is 2.62 bits per heavy atom. The van der Waals surface area contributed by atoms with E-state index in [4.69, 9.17) is 5.73 Å². The van der Waals surface area contributed by atoms with Crippen molar-refractivity contribution in [2.24, 2.45) is 5.73 Å². The highest BCUT2D eigenvalue weighted by atomic mass is 16.6. The lowest BCUT2D eigenvalue weighted by molar-refractivity contribution is -0.385. The summed E-state index contributed by atoms with van der Waals surface area (Å²) in [5, 5.41) is 15.9. The predicted octanol–water partition coefficient (Wildman–Crippen LogP) is 0.155. The highest BCUT2D eigenvalue weighted by molar-refractivity contribution is 5.85. The van der Waals surface area contributed by atoms with Gasteiger partial charge in [-0.15, -0.1) is 0 Å². The molecule has 1 atom stereocenters. The fourth-order valence-electron chi connectivity index (χ4n) is 1.72. The molecule has 4 N–H and O–H groups in total. The Morgan fingerprint density at radius 2 is 2.05 bits per heavy atom. The van der Waals surface area contributed by atoms with Crippen molar-refractivity contribution in [1.29, 1.82) is 0 Å². The first-order valence-corrected chi connectivity index (χ1v) is 6.36. The van der Waals surface area contributed by atoms with Gasteiger partial charge in [0.15, 0.2) is 0 Å². The molecule has 0 spiro atoms. The molecule has 0 saturated heterocycles. The van der Waals surface area contributed by atoms with Gasteiger partial charge in [-0.25, -0.2) is 0 Å². The Balaban J connectivity index is 2.69. The maximum atomic E-state index is 11.6. The van der Waals surface area contributed by atoms with E-state index >= 15 is 0 Å². The van der Waals surface area contributed by atoms with E-state index in [-0.39, 0.29) is 18.8 Å². The normalized spacial score (nSPS) is 11.6. The predicted molar refractivity (Wildman–Crippen MR) is 76.5 cm³/mol. The number of benzene rings is 1. The summed E-state index contributed by atoms with van der Waals surface area (Å²) in [7, 11) is 0. The summed E-state index contributed by atoms with van der Waals surface area (Å²) in [4.78, 5) is 33.0.